The van der Waals surface area contributed by atoms with Gasteiger partial charge in [0.15, 0.2) is 0 Å². The molecule has 5 heteroatoms. The number of carbonyl (C=O) groups excluding carboxylic acids is 2. The summed E-state index contributed by atoms with van der Waals surface area (Å²) >= 11 is 0. The van der Waals surface area contributed by atoms with E-state index >= 15 is 0 Å². The zero-order valence-electron chi connectivity index (χ0n) is 18.5. The molecular weight excluding hydrogens is 410 g/mol. The number of benzene rings is 3. The summed E-state index contributed by atoms with van der Waals surface area (Å²) in [5.74, 6) is -0.205. The molecule has 0 radical (unpaired) electrons. The highest BCUT2D eigenvalue weighted by Crippen LogP contribution is 2.33. The van der Waals surface area contributed by atoms with Crippen LogP contribution >= 0.6 is 0 Å². The van der Waals surface area contributed by atoms with Gasteiger partial charge in [-0.25, -0.2) is 0 Å². The summed E-state index contributed by atoms with van der Waals surface area (Å²) in [4.78, 5) is 32.3. The van der Waals surface area contributed by atoms with Crippen LogP contribution in [0.25, 0.3) is 22.0 Å². The Balaban J connectivity index is 1.28. The maximum absolute atomic E-state index is 13.2. The standard InChI is InChI=1S/C28H25N3O2/c1-28(27(33)30-25-11-5-10-24-23(25)9-6-17-29-24)16-18-31(28)26(32)19-20-12-14-22(15-13-20)21-7-3-2-4-8-21/h2-15,17H,16,18-19H2,1H3,(H,30,33). The van der Waals surface area contributed by atoms with Gasteiger partial charge in [0.2, 0.25) is 11.8 Å². The highest BCUT2D eigenvalue weighted by molar-refractivity contribution is 6.06. The fourth-order valence-corrected chi connectivity index (χ4v) is 4.38. The van der Waals surface area contributed by atoms with Gasteiger partial charge < -0.3 is 10.2 Å². The lowest BCUT2D eigenvalue weighted by atomic mass is 9.84. The number of carbonyl (C=O) groups is 2. The lowest BCUT2D eigenvalue weighted by Gasteiger charge is -2.49. The van der Waals surface area contributed by atoms with Gasteiger partial charge in [-0.2, -0.15) is 0 Å². The molecule has 2 amide bonds. The first-order chi connectivity index (χ1) is 16.0. The van der Waals surface area contributed by atoms with Crippen LogP contribution in [0.15, 0.2) is 91.1 Å². The second-order valence-electron chi connectivity index (χ2n) is 8.64. The van der Waals surface area contributed by atoms with Crippen molar-refractivity contribution in [3.05, 3.63) is 96.7 Å². The molecule has 1 fully saturated rings. The number of rotatable bonds is 5. The van der Waals surface area contributed by atoms with Gasteiger partial charge in [-0.05, 0) is 54.3 Å². The molecule has 1 aromatic heterocycles. The summed E-state index contributed by atoms with van der Waals surface area (Å²) in [7, 11) is 0. The molecule has 1 N–H and O–H groups in total. The van der Waals surface area contributed by atoms with Gasteiger partial charge in [0.1, 0.15) is 5.54 Å². The fourth-order valence-electron chi connectivity index (χ4n) is 4.38. The number of likely N-dealkylation sites (tertiary alicyclic amines) is 1. The van der Waals surface area contributed by atoms with E-state index < -0.39 is 5.54 Å². The van der Waals surface area contributed by atoms with E-state index in [2.05, 4.69) is 22.4 Å². The van der Waals surface area contributed by atoms with E-state index in [0.717, 1.165) is 27.6 Å². The average Bonchev–Trinajstić information content (AvgIpc) is 2.84. The number of nitrogens with one attached hydrogen (secondary N) is 1. The van der Waals surface area contributed by atoms with E-state index in [1.165, 1.54) is 0 Å². The van der Waals surface area contributed by atoms with Crippen LogP contribution < -0.4 is 5.32 Å². The highest BCUT2D eigenvalue weighted by Gasteiger charge is 2.49. The number of pyridine rings is 1. The van der Waals surface area contributed by atoms with E-state index in [9.17, 15) is 9.59 Å². The van der Waals surface area contributed by atoms with Gasteiger partial charge in [0.05, 0.1) is 17.6 Å². The predicted molar refractivity (Wildman–Crippen MR) is 131 cm³/mol. The fraction of sp³-hybridized carbons (Fsp3) is 0.179. The third kappa shape index (κ3) is 3.98. The molecule has 164 valence electrons. The summed E-state index contributed by atoms with van der Waals surface area (Å²) < 4.78 is 0. The van der Waals surface area contributed by atoms with E-state index in [-0.39, 0.29) is 18.2 Å². The van der Waals surface area contributed by atoms with E-state index in [1.807, 2.05) is 79.7 Å². The smallest absolute Gasteiger partial charge is 0.250 e. The molecule has 5 rings (SSSR count). The minimum absolute atomic E-state index is 0.0362. The van der Waals surface area contributed by atoms with Gasteiger partial charge in [0, 0.05) is 18.1 Å². The molecule has 33 heavy (non-hydrogen) atoms. The van der Waals surface area contributed by atoms with Crippen molar-refractivity contribution >= 4 is 28.4 Å². The van der Waals surface area contributed by atoms with Crippen molar-refractivity contribution in [2.24, 2.45) is 0 Å². The number of nitrogens with zero attached hydrogens (tertiary/aromatic N) is 2. The lowest BCUT2D eigenvalue weighted by Crippen LogP contribution is -2.66. The molecule has 1 saturated heterocycles. The Morgan fingerprint density at radius 3 is 2.39 bits per heavy atom. The van der Waals surface area contributed by atoms with E-state index in [4.69, 9.17) is 0 Å². The summed E-state index contributed by atoms with van der Waals surface area (Å²) in [6.07, 6.45) is 2.64. The van der Waals surface area contributed by atoms with Crippen molar-refractivity contribution < 1.29 is 9.59 Å². The molecule has 3 aromatic carbocycles. The van der Waals surface area contributed by atoms with Crippen LogP contribution in [0.2, 0.25) is 0 Å². The van der Waals surface area contributed by atoms with Crippen LogP contribution in [0.4, 0.5) is 5.69 Å². The van der Waals surface area contributed by atoms with Gasteiger partial charge in [-0.15, -0.1) is 0 Å². The molecular formula is C28H25N3O2. The number of amides is 2. The van der Waals surface area contributed by atoms with Crippen LogP contribution in [-0.2, 0) is 16.0 Å². The molecule has 0 saturated carbocycles. The SMILES string of the molecule is CC1(C(=O)Nc2cccc3ncccc23)CCN1C(=O)Cc1ccc(-c2ccccc2)cc1. The van der Waals surface area contributed by atoms with Crippen LogP contribution in [0, 0.1) is 0 Å². The van der Waals surface area contributed by atoms with Crippen LogP contribution in [0.1, 0.15) is 18.9 Å². The van der Waals surface area contributed by atoms with Crippen molar-refractivity contribution in [3.8, 4) is 11.1 Å². The molecule has 5 nitrogen and oxygen atoms in total. The quantitative estimate of drug-likeness (QED) is 0.476. The maximum atomic E-state index is 13.2. The Kier molecular flexibility index (Phi) is 5.38. The van der Waals surface area contributed by atoms with Crippen molar-refractivity contribution in [2.75, 3.05) is 11.9 Å². The maximum Gasteiger partial charge on any atom is 0.250 e. The molecule has 0 bridgehead atoms. The zero-order chi connectivity index (χ0) is 22.8. The second kappa shape index (κ2) is 8.51. The normalized spacial score (nSPS) is 17.4. The Morgan fingerprint density at radius 2 is 1.67 bits per heavy atom. The number of hydrogen-bond donors (Lipinski definition) is 1. The predicted octanol–water partition coefficient (Wildman–Crippen LogP) is 5.07. The van der Waals surface area contributed by atoms with Crippen molar-refractivity contribution in [3.63, 3.8) is 0 Å². The number of hydrogen-bond acceptors (Lipinski definition) is 3. The summed E-state index contributed by atoms with van der Waals surface area (Å²) in [6.45, 7) is 2.42. The van der Waals surface area contributed by atoms with E-state index in [0.29, 0.717) is 18.7 Å². The molecule has 1 atom stereocenters. The van der Waals surface area contributed by atoms with Gasteiger partial charge in [0.25, 0.3) is 0 Å². The molecule has 4 aromatic rings. The van der Waals surface area contributed by atoms with E-state index in [1.54, 1.807) is 11.1 Å². The Labute approximate surface area is 193 Å². The molecule has 0 spiro atoms. The Morgan fingerprint density at radius 1 is 0.909 bits per heavy atom. The summed E-state index contributed by atoms with van der Waals surface area (Å²) in [5, 5.41) is 3.91. The van der Waals surface area contributed by atoms with Gasteiger partial charge in [-0.1, -0.05) is 60.7 Å². The lowest BCUT2D eigenvalue weighted by molar-refractivity contribution is -0.154. The van der Waals surface area contributed by atoms with Crippen LogP contribution in [-0.4, -0.2) is 33.8 Å². The zero-order valence-corrected chi connectivity index (χ0v) is 18.5. The minimum Gasteiger partial charge on any atom is -0.328 e. The van der Waals surface area contributed by atoms with Crippen LogP contribution in [0.5, 0.6) is 0 Å². The highest BCUT2D eigenvalue weighted by atomic mass is 16.2. The molecule has 1 unspecified atom stereocenters. The van der Waals surface area contributed by atoms with Gasteiger partial charge in [-0.3, -0.25) is 14.6 Å². The summed E-state index contributed by atoms with van der Waals surface area (Å²) in [5.41, 5.74) is 3.87. The number of anilines is 1. The second-order valence-corrected chi connectivity index (χ2v) is 8.64. The van der Waals surface area contributed by atoms with Crippen LogP contribution in [0.3, 0.4) is 0 Å². The van der Waals surface area contributed by atoms with Gasteiger partial charge >= 0.3 is 0 Å². The third-order valence-corrected chi connectivity index (χ3v) is 6.52. The average molecular weight is 436 g/mol. The first kappa shape index (κ1) is 20.9. The Hall–Kier alpha value is -3.99. The number of fused-ring (bicyclic) bond motifs is 1. The third-order valence-electron chi connectivity index (χ3n) is 6.52. The topological polar surface area (TPSA) is 62.3 Å². The van der Waals surface area contributed by atoms with Crippen molar-refractivity contribution in [1.82, 2.24) is 9.88 Å². The first-order valence-electron chi connectivity index (χ1n) is 11.1. The monoisotopic (exact) mass is 435 g/mol. The number of aromatic nitrogens is 1. The first-order valence-corrected chi connectivity index (χ1v) is 11.1. The molecule has 2 heterocycles. The van der Waals surface area contributed by atoms with Crippen molar-refractivity contribution in [1.29, 1.82) is 0 Å². The Bertz CT molecular complexity index is 1310. The van der Waals surface area contributed by atoms with Crippen molar-refractivity contribution in [2.45, 2.75) is 25.3 Å². The molecule has 1 aliphatic heterocycles. The largest absolute Gasteiger partial charge is 0.328 e. The summed E-state index contributed by atoms with van der Waals surface area (Å²) in [6, 6.07) is 27.6. The molecule has 1 aliphatic rings. The molecule has 0 aliphatic carbocycles. The minimum atomic E-state index is -0.856.